The van der Waals surface area contributed by atoms with Crippen LogP contribution < -0.4 is 70.5 Å². The van der Waals surface area contributed by atoms with E-state index >= 15 is 0 Å². The molecule has 23 heteroatoms. The van der Waals surface area contributed by atoms with Gasteiger partial charge >= 0.3 is 0 Å². The Balaban J connectivity index is 2.50. The third-order valence-electron chi connectivity index (χ3n) is 9.00. The van der Waals surface area contributed by atoms with Gasteiger partial charge in [-0.05, 0) is 61.1 Å². The topological polar surface area (TPSA) is 362 Å². The van der Waals surface area contributed by atoms with Crippen molar-refractivity contribution >= 4 is 72.6 Å². The Bertz CT molecular complexity index is 1810. The normalized spacial score (nSPS) is 13.7. The molecule has 61 heavy (non-hydrogen) atoms. The van der Waals surface area contributed by atoms with E-state index in [9.17, 15) is 28.8 Å². The Morgan fingerprint density at radius 3 is 1.21 bits per heavy atom. The lowest BCUT2D eigenvalue weighted by Crippen LogP contribution is -2.60. The lowest BCUT2D eigenvalue weighted by atomic mass is 10.0. The van der Waals surface area contributed by atoms with Gasteiger partial charge in [-0.1, -0.05) is 24.3 Å². The van der Waals surface area contributed by atoms with Crippen LogP contribution >= 0.6 is 25.3 Å². The summed E-state index contributed by atoms with van der Waals surface area (Å²) < 4.78 is 10.4. The van der Waals surface area contributed by atoms with Crippen LogP contribution in [-0.4, -0.2) is 122 Å². The van der Waals surface area contributed by atoms with Crippen LogP contribution in [0.5, 0.6) is 11.5 Å². The largest absolute Gasteiger partial charge is 0.497 e. The zero-order chi connectivity index (χ0) is 45.5. The Morgan fingerprint density at radius 1 is 0.541 bits per heavy atom. The first-order valence-corrected chi connectivity index (χ1v) is 20.4. The van der Waals surface area contributed by atoms with E-state index in [1.54, 1.807) is 48.5 Å². The molecule has 0 aliphatic heterocycles. The Kier molecular flexibility index (Phi) is 22.7. The van der Waals surface area contributed by atoms with Gasteiger partial charge < -0.3 is 70.5 Å². The summed E-state index contributed by atoms with van der Waals surface area (Å²) in [4.78, 5) is 88.7. The fourth-order valence-electron chi connectivity index (χ4n) is 5.62. The smallest absolute Gasteiger partial charge is 0.243 e. The summed E-state index contributed by atoms with van der Waals surface area (Å²) in [6, 6.07) is 6.22. The number of benzene rings is 2. The van der Waals surface area contributed by atoms with Crippen LogP contribution in [0.25, 0.3) is 0 Å². The van der Waals surface area contributed by atoms with E-state index < -0.39 is 71.7 Å². The number of carbonyl (C=O) groups is 6. The molecule has 336 valence electrons. The number of rotatable bonds is 27. The molecular formula is C38H59N13O8S2. The monoisotopic (exact) mass is 889 g/mol. The summed E-state index contributed by atoms with van der Waals surface area (Å²) in [5, 5.41) is 13.2. The number of methoxy groups -OCH3 is 2. The molecule has 0 aliphatic rings. The van der Waals surface area contributed by atoms with E-state index in [0.29, 0.717) is 22.6 Å². The van der Waals surface area contributed by atoms with Gasteiger partial charge in [-0.25, -0.2) is 0 Å². The molecule has 0 bridgehead atoms. The molecule has 0 aromatic heterocycles. The number of nitrogens with zero attached hydrogens (tertiary/aromatic N) is 2. The first-order chi connectivity index (χ1) is 29.0. The van der Waals surface area contributed by atoms with Gasteiger partial charge in [0.1, 0.15) is 41.7 Å². The van der Waals surface area contributed by atoms with Crippen molar-refractivity contribution in [3.8, 4) is 11.5 Å². The van der Waals surface area contributed by atoms with Crippen molar-refractivity contribution in [3.63, 3.8) is 0 Å². The van der Waals surface area contributed by atoms with Crippen molar-refractivity contribution in [2.45, 2.75) is 74.8 Å². The van der Waals surface area contributed by atoms with Crippen molar-refractivity contribution in [2.75, 3.05) is 38.8 Å². The molecule has 2 rings (SSSR count). The highest BCUT2D eigenvalue weighted by atomic mass is 32.1. The van der Waals surface area contributed by atoms with Crippen LogP contribution in [0, 0.1) is 0 Å². The molecule has 0 saturated carbocycles. The third-order valence-corrected chi connectivity index (χ3v) is 9.75. The summed E-state index contributed by atoms with van der Waals surface area (Å²) in [5.74, 6) is -3.94. The fourth-order valence-corrected chi connectivity index (χ4v) is 6.05. The number of primary amides is 1. The highest BCUT2D eigenvalue weighted by Crippen LogP contribution is 2.15. The molecular weight excluding hydrogens is 831 g/mol. The SMILES string of the molecule is COc1ccc(C[C@H](NC(=O)[C@H](CCCN=C(N)N)NC(=O)[C@H](CCCN=C(N)N)NC(=O)[C@H](Cc2ccc(OC)cc2)NC(=O)[C@@H](N)CS)C(=O)N[C@@H](CS)C(N)=O)cc1. The average molecular weight is 890 g/mol. The van der Waals surface area contributed by atoms with Crippen LogP contribution in [0.2, 0.25) is 0 Å². The van der Waals surface area contributed by atoms with Gasteiger partial charge in [-0.2, -0.15) is 25.3 Å². The zero-order valence-electron chi connectivity index (χ0n) is 34.2. The number of hydrogen-bond acceptors (Lipinski definition) is 13. The second-order valence-electron chi connectivity index (χ2n) is 13.7. The Morgan fingerprint density at radius 2 is 0.885 bits per heavy atom. The summed E-state index contributed by atoms with van der Waals surface area (Å²) in [5.41, 5.74) is 34.6. The van der Waals surface area contributed by atoms with E-state index in [2.05, 4.69) is 61.8 Å². The highest BCUT2D eigenvalue weighted by molar-refractivity contribution is 7.80. The zero-order valence-corrected chi connectivity index (χ0v) is 36.0. The van der Waals surface area contributed by atoms with Gasteiger partial charge in [0.25, 0.3) is 0 Å². The number of carbonyl (C=O) groups excluding carboxylic acids is 6. The molecule has 2 aromatic carbocycles. The maximum atomic E-state index is 14.2. The predicted octanol–water partition coefficient (Wildman–Crippen LogP) is -3.31. The Hall–Kier alpha value is -5.94. The molecule has 17 N–H and O–H groups in total. The summed E-state index contributed by atoms with van der Waals surface area (Å²) in [7, 11) is 3.00. The van der Waals surface area contributed by atoms with Gasteiger partial charge in [0, 0.05) is 37.4 Å². The van der Waals surface area contributed by atoms with Crippen LogP contribution in [0.3, 0.4) is 0 Å². The number of nitrogens with two attached hydrogens (primary N) is 6. The summed E-state index contributed by atoms with van der Waals surface area (Å²) in [6.45, 7) is 0.174. The standard InChI is InChI=1S/C38H59N13O8S2/c1-58-23-11-7-21(8-12-23)17-28(49-32(53)25(39)19-60)35(56)48-26(5-3-15-45-37(41)42)33(54)47-27(6-4-16-46-38(43)44)34(55)50-29(36(57)51-30(20-61)31(40)52)18-22-9-13-24(59-2)14-10-22/h7-14,25-30,60-61H,3-6,15-20,39H2,1-2H3,(H2,40,52)(H,47,54)(H,48,56)(H,49,53)(H,50,55)(H,51,57)(H4,41,42,45)(H4,43,44,46)/t25-,26-,27-,28-,29-,30-/m0/s1. The maximum Gasteiger partial charge on any atom is 0.243 e. The molecule has 0 spiro atoms. The third kappa shape index (κ3) is 18.9. The molecule has 0 heterocycles. The predicted molar refractivity (Wildman–Crippen MR) is 238 cm³/mol. The van der Waals surface area contributed by atoms with Crippen molar-refractivity contribution in [3.05, 3.63) is 59.7 Å². The summed E-state index contributed by atoms with van der Waals surface area (Å²) >= 11 is 8.19. The van der Waals surface area contributed by atoms with Gasteiger partial charge in [0.2, 0.25) is 35.4 Å². The molecule has 0 fully saturated rings. The highest BCUT2D eigenvalue weighted by Gasteiger charge is 2.33. The van der Waals surface area contributed by atoms with Gasteiger partial charge in [0.15, 0.2) is 11.9 Å². The van der Waals surface area contributed by atoms with E-state index in [4.69, 9.17) is 43.9 Å². The molecule has 6 amide bonds. The van der Waals surface area contributed by atoms with Gasteiger partial charge in [0.05, 0.1) is 20.3 Å². The summed E-state index contributed by atoms with van der Waals surface area (Å²) in [6.07, 6.45) is 0.303. The molecule has 0 unspecified atom stereocenters. The number of thiol groups is 2. The van der Waals surface area contributed by atoms with Gasteiger partial charge in [-0.15, -0.1) is 0 Å². The second-order valence-corrected chi connectivity index (χ2v) is 14.4. The van der Waals surface area contributed by atoms with E-state index in [1.165, 1.54) is 14.2 Å². The minimum Gasteiger partial charge on any atom is -0.497 e. The first kappa shape index (κ1) is 51.2. The van der Waals surface area contributed by atoms with Crippen LogP contribution in [0.4, 0.5) is 0 Å². The number of ether oxygens (including phenoxy) is 2. The minimum absolute atomic E-state index is 0.000494. The van der Waals surface area contributed by atoms with Crippen molar-refractivity contribution in [1.82, 2.24) is 26.6 Å². The number of nitrogens with one attached hydrogen (secondary N) is 5. The maximum absolute atomic E-state index is 14.2. The fraction of sp³-hybridized carbons (Fsp3) is 0.474. The van der Waals surface area contributed by atoms with Crippen LogP contribution in [0.1, 0.15) is 36.8 Å². The van der Waals surface area contributed by atoms with Crippen molar-refractivity contribution < 1.29 is 38.2 Å². The lowest BCUT2D eigenvalue weighted by molar-refractivity contribution is -0.135. The molecule has 0 radical (unpaired) electrons. The minimum atomic E-state index is -1.31. The number of amides is 6. The molecule has 2 aromatic rings. The van der Waals surface area contributed by atoms with E-state index in [1.807, 2.05) is 0 Å². The number of guanidine groups is 2. The quantitative estimate of drug-likeness (QED) is 0.0181. The molecule has 6 atom stereocenters. The lowest BCUT2D eigenvalue weighted by Gasteiger charge is -2.27. The van der Waals surface area contributed by atoms with E-state index in [0.717, 1.165) is 0 Å². The van der Waals surface area contributed by atoms with Crippen LogP contribution in [0.15, 0.2) is 58.5 Å². The molecule has 21 nitrogen and oxygen atoms in total. The second kappa shape index (κ2) is 27.0. The Labute approximate surface area is 365 Å². The van der Waals surface area contributed by atoms with E-state index in [-0.39, 0.29) is 75.0 Å². The van der Waals surface area contributed by atoms with Crippen LogP contribution in [-0.2, 0) is 41.6 Å². The van der Waals surface area contributed by atoms with Crippen molar-refractivity contribution in [1.29, 1.82) is 0 Å². The average Bonchev–Trinajstić information content (AvgIpc) is 3.23. The number of hydrogen-bond donors (Lipinski definition) is 13. The number of aliphatic imine (C=N–C) groups is 2. The first-order valence-electron chi connectivity index (χ1n) is 19.2. The van der Waals surface area contributed by atoms with Crippen molar-refractivity contribution in [2.24, 2.45) is 44.4 Å². The van der Waals surface area contributed by atoms with Gasteiger partial charge in [-0.3, -0.25) is 38.8 Å². The molecule has 0 aliphatic carbocycles. The molecule has 0 saturated heterocycles.